The number of carbonyl (C=O) groups excluding carboxylic acids is 2. The zero-order valence-electron chi connectivity index (χ0n) is 22.9. The van der Waals surface area contributed by atoms with Gasteiger partial charge in [0, 0.05) is 18.4 Å². The SMILES string of the molecule is CCOC(=O)Oc1c(C)c2c(c(OC)c1OC)OC(C)(CCOc1ccc(Cc3sc(=O)[nH]c3O)cc1)CC2=O. The van der Waals surface area contributed by atoms with Crippen LogP contribution in [0.15, 0.2) is 29.1 Å². The molecule has 2 heterocycles. The summed E-state index contributed by atoms with van der Waals surface area (Å²) < 4.78 is 33.6. The Hall–Kier alpha value is -4.19. The van der Waals surface area contributed by atoms with Gasteiger partial charge in [-0.15, -0.1) is 0 Å². The Labute approximate surface area is 234 Å². The maximum absolute atomic E-state index is 13.4. The molecular formula is C28H31NO10S. The number of Topliss-reactive ketones (excluding diaryl/α,β-unsaturated/α-hetero) is 1. The first-order valence-electron chi connectivity index (χ1n) is 12.6. The lowest BCUT2D eigenvalue weighted by atomic mass is 9.86. The summed E-state index contributed by atoms with van der Waals surface area (Å²) in [6, 6.07) is 7.31. The number of hydrogen-bond acceptors (Lipinski definition) is 11. The molecule has 2 N–H and O–H groups in total. The Morgan fingerprint density at radius 3 is 2.42 bits per heavy atom. The number of ketones is 1. The van der Waals surface area contributed by atoms with Crippen molar-refractivity contribution in [3.8, 4) is 34.6 Å². The number of thiazole rings is 1. The van der Waals surface area contributed by atoms with Crippen molar-refractivity contribution in [3.05, 3.63) is 55.5 Å². The van der Waals surface area contributed by atoms with Gasteiger partial charge in [-0.05, 0) is 38.5 Å². The minimum Gasteiger partial charge on any atom is -0.494 e. The average Bonchev–Trinajstić information content (AvgIpc) is 3.22. The van der Waals surface area contributed by atoms with Crippen LogP contribution in [0.25, 0.3) is 0 Å². The molecule has 0 amide bonds. The fraction of sp³-hybridized carbons (Fsp3) is 0.393. The molecule has 3 aromatic rings. The van der Waals surface area contributed by atoms with Gasteiger partial charge in [0.05, 0.1) is 44.3 Å². The first-order chi connectivity index (χ1) is 19.1. The van der Waals surface area contributed by atoms with Crippen LogP contribution < -0.4 is 28.6 Å². The summed E-state index contributed by atoms with van der Waals surface area (Å²) in [5.41, 5.74) is 0.640. The minimum absolute atomic E-state index is 0.0322. The number of aromatic hydroxyl groups is 1. The number of nitrogens with one attached hydrogen (secondary N) is 1. The van der Waals surface area contributed by atoms with Crippen molar-refractivity contribution in [2.24, 2.45) is 0 Å². The molecule has 0 saturated heterocycles. The van der Waals surface area contributed by atoms with E-state index in [1.807, 2.05) is 19.1 Å². The third-order valence-corrected chi connectivity index (χ3v) is 7.34. The Balaban J connectivity index is 1.48. The molecule has 2 aromatic carbocycles. The Kier molecular flexibility index (Phi) is 8.58. The predicted octanol–water partition coefficient (Wildman–Crippen LogP) is 4.79. The molecule has 1 aromatic heterocycles. The van der Waals surface area contributed by atoms with Gasteiger partial charge in [0.25, 0.3) is 0 Å². The molecule has 214 valence electrons. The molecule has 1 unspecified atom stereocenters. The normalized spacial score (nSPS) is 16.1. The lowest BCUT2D eigenvalue weighted by Gasteiger charge is -2.36. The van der Waals surface area contributed by atoms with Crippen molar-refractivity contribution in [1.29, 1.82) is 0 Å². The number of aromatic amines is 1. The fourth-order valence-corrected chi connectivity index (χ4v) is 5.28. The van der Waals surface area contributed by atoms with E-state index in [9.17, 15) is 19.5 Å². The highest BCUT2D eigenvalue weighted by atomic mass is 32.1. The van der Waals surface area contributed by atoms with E-state index in [4.69, 9.17) is 28.4 Å². The number of benzene rings is 2. The van der Waals surface area contributed by atoms with E-state index >= 15 is 0 Å². The number of methoxy groups -OCH3 is 2. The third-order valence-electron chi connectivity index (χ3n) is 6.47. The van der Waals surface area contributed by atoms with E-state index in [2.05, 4.69) is 4.98 Å². The van der Waals surface area contributed by atoms with E-state index in [0.29, 0.717) is 29.0 Å². The van der Waals surface area contributed by atoms with Crippen LogP contribution in [0.3, 0.4) is 0 Å². The first kappa shape index (κ1) is 28.8. The molecule has 1 aliphatic heterocycles. The third kappa shape index (κ3) is 6.01. The molecular weight excluding hydrogens is 542 g/mol. The van der Waals surface area contributed by atoms with E-state index in [0.717, 1.165) is 16.9 Å². The monoisotopic (exact) mass is 573 g/mol. The summed E-state index contributed by atoms with van der Waals surface area (Å²) in [5, 5.41) is 9.79. The van der Waals surface area contributed by atoms with Gasteiger partial charge in [-0.3, -0.25) is 14.6 Å². The van der Waals surface area contributed by atoms with Crippen molar-refractivity contribution >= 4 is 23.3 Å². The quantitative estimate of drug-likeness (QED) is 0.257. The number of rotatable bonds is 10. The van der Waals surface area contributed by atoms with Crippen molar-refractivity contribution in [1.82, 2.24) is 4.98 Å². The van der Waals surface area contributed by atoms with Gasteiger partial charge in [0.2, 0.25) is 17.4 Å². The number of aromatic nitrogens is 1. The van der Waals surface area contributed by atoms with Gasteiger partial charge >= 0.3 is 11.0 Å². The van der Waals surface area contributed by atoms with E-state index < -0.39 is 11.8 Å². The molecule has 1 aliphatic rings. The summed E-state index contributed by atoms with van der Waals surface area (Å²) in [4.78, 5) is 39.4. The van der Waals surface area contributed by atoms with Gasteiger partial charge in [0.15, 0.2) is 17.3 Å². The maximum Gasteiger partial charge on any atom is 0.513 e. The molecule has 4 rings (SSSR count). The molecule has 0 bridgehead atoms. The maximum atomic E-state index is 13.4. The average molecular weight is 574 g/mol. The van der Waals surface area contributed by atoms with Gasteiger partial charge < -0.3 is 33.5 Å². The van der Waals surface area contributed by atoms with E-state index in [1.165, 1.54) is 14.2 Å². The van der Waals surface area contributed by atoms with Crippen molar-refractivity contribution < 1.29 is 43.1 Å². The van der Waals surface area contributed by atoms with Gasteiger partial charge in [-0.2, -0.15) is 0 Å². The molecule has 0 fully saturated rings. The highest BCUT2D eigenvalue weighted by Gasteiger charge is 2.42. The molecule has 0 aliphatic carbocycles. The molecule has 40 heavy (non-hydrogen) atoms. The molecule has 0 saturated carbocycles. The molecule has 11 nitrogen and oxygen atoms in total. The van der Waals surface area contributed by atoms with Crippen LogP contribution in [0.1, 0.15) is 53.1 Å². The topological polar surface area (TPSA) is 143 Å². The zero-order valence-corrected chi connectivity index (χ0v) is 23.7. The van der Waals surface area contributed by atoms with Gasteiger partial charge in [-0.1, -0.05) is 23.5 Å². The molecule has 0 spiro atoms. The summed E-state index contributed by atoms with van der Waals surface area (Å²) in [6.07, 6.45) is -0.0536. The molecule has 12 heteroatoms. The van der Waals surface area contributed by atoms with Crippen molar-refractivity contribution in [3.63, 3.8) is 0 Å². The molecule has 0 radical (unpaired) electrons. The number of carbonyl (C=O) groups is 2. The van der Waals surface area contributed by atoms with E-state index in [1.54, 1.807) is 26.0 Å². The Morgan fingerprint density at radius 2 is 1.82 bits per heavy atom. The van der Waals surface area contributed by atoms with Crippen LogP contribution in [0.5, 0.6) is 34.6 Å². The fourth-order valence-electron chi connectivity index (χ4n) is 4.53. The zero-order chi connectivity index (χ0) is 29.0. The first-order valence-corrected chi connectivity index (χ1v) is 13.4. The largest absolute Gasteiger partial charge is 0.513 e. The summed E-state index contributed by atoms with van der Waals surface area (Å²) >= 11 is 0.971. The van der Waals surface area contributed by atoms with Crippen LogP contribution in [0, 0.1) is 6.92 Å². The highest BCUT2D eigenvalue weighted by Crippen LogP contribution is 2.53. The van der Waals surface area contributed by atoms with Crippen LogP contribution in [-0.4, -0.2) is 55.1 Å². The second-order valence-electron chi connectivity index (χ2n) is 9.37. The summed E-state index contributed by atoms with van der Waals surface area (Å²) in [5.74, 6) is 0.806. The lowest BCUT2D eigenvalue weighted by molar-refractivity contribution is 0.0352. The number of H-pyrrole nitrogens is 1. The van der Waals surface area contributed by atoms with Crippen LogP contribution in [-0.2, 0) is 11.2 Å². The molecule has 1 atom stereocenters. The summed E-state index contributed by atoms with van der Waals surface area (Å²) in [7, 11) is 2.80. The lowest BCUT2D eigenvalue weighted by Crippen LogP contribution is -2.41. The number of fused-ring (bicyclic) bond motifs is 1. The van der Waals surface area contributed by atoms with Crippen LogP contribution >= 0.6 is 11.3 Å². The Morgan fingerprint density at radius 1 is 1.12 bits per heavy atom. The summed E-state index contributed by atoms with van der Waals surface area (Å²) in [6.45, 7) is 5.50. The van der Waals surface area contributed by atoms with Gasteiger partial charge in [-0.25, -0.2) is 4.79 Å². The predicted molar refractivity (Wildman–Crippen MR) is 146 cm³/mol. The number of hydrogen-bond donors (Lipinski definition) is 2. The van der Waals surface area contributed by atoms with Crippen molar-refractivity contribution in [2.45, 2.75) is 45.6 Å². The highest BCUT2D eigenvalue weighted by molar-refractivity contribution is 7.09. The second-order valence-corrected chi connectivity index (χ2v) is 10.4. The van der Waals surface area contributed by atoms with Crippen molar-refractivity contribution in [2.75, 3.05) is 27.4 Å². The minimum atomic E-state index is -0.926. The van der Waals surface area contributed by atoms with Crippen LogP contribution in [0.4, 0.5) is 4.79 Å². The Bertz CT molecular complexity index is 1460. The van der Waals surface area contributed by atoms with Gasteiger partial charge in [0.1, 0.15) is 11.4 Å². The van der Waals surface area contributed by atoms with Crippen LogP contribution in [0.2, 0.25) is 0 Å². The number of ether oxygens (including phenoxy) is 6. The second kappa shape index (κ2) is 11.9. The van der Waals surface area contributed by atoms with E-state index in [-0.39, 0.29) is 64.7 Å². The standard InChI is InChI=1S/C28H31NO10S/c1-6-36-27(33)38-21-15(2)20-18(30)14-28(3,39-22(20)24(35-5)23(21)34-4)11-12-37-17-9-7-16(8-10-17)13-19-25(31)29-26(32)40-19/h7-10,31H,6,11-14H2,1-5H3,(H,29,32). The smallest absolute Gasteiger partial charge is 0.494 e.